The van der Waals surface area contributed by atoms with Crippen LogP contribution in [0.3, 0.4) is 0 Å². The van der Waals surface area contributed by atoms with Crippen molar-refractivity contribution in [3.63, 3.8) is 0 Å². The largest absolute Gasteiger partial charge is 0.483 e. The van der Waals surface area contributed by atoms with Crippen molar-refractivity contribution in [1.82, 2.24) is 19.6 Å². The molecule has 1 aromatic rings. The van der Waals surface area contributed by atoms with Crippen LogP contribution >= 0.6 is 0 Å². The molecule has 3 aliphatic rings. The van der Waals surface area contributed by atoms with Crippen molar-refractivity contribution >= 4 is 12.9 Å². The lowest BCUT2D eigenvalue weighted by Crippen LogP contribution is -2.45. The third kappa shape index (κ3) is 9.81. The zero-order valence-corrected chi connectivity index (χ0v) is 22.7. The molecule has 0 bridgehead atoms. The molecule has 2 saturated heterocycles. The maximum atomic E-state index is 8.36. The highest BCUT2D eigenvalue weighted by atomic mass is 16.3. The van der Waals surface area contributed by atoms with Gasteiger partial charge in [0.15, 0.2) is 0 Å². The third-order valence-corrected chi connectivity index (χ3v) is 7.93. The third-order valence-electron chi connectivity index (χ3n) is 7.93. The van der Waals surface area contributed by atoms with Gasteiger partial charge in [0.25, 0.3) is 12.9 Å². The minimum absolute atomic E-state index is 0.250. The molecule has 0 spiro atoms. The normalized spacial score (nSPS) is 20.5. The molecule has 0 unspecified atom stereocenters. The van der Waals surface area contributed by atoms with Crippen LogP contribution in [0.5, 0.6) is 0 Å². The fourth-order valence-corrected chi connectivity index (χ4v) is 5.87. The molecule has 2 heterocycles. The average Bonchev–Trinajstić information content (AvgIpc) is 3.30. The molecular formula is C28H48N4O4. The topological polar surface area (TPSA) is 87.6 Å². The number of carbonyl (C=O) groups is 2. The van der Waals surface area contributed by atoms with Crippen molar-refractivity contribution in [3.8, 4) is 0 Å². The smallest absolute Gasteiger partial charge is 0.290 e. The molecular weight excluding hydrogens is 456 g/mol. The highest BCUT2D eigenvalue weighted by molar-refractivity contribution is 5.38. The predicted octanol–water partition coefficient (Wildman–Crippen LogP) is 3.29. The van der Waals surface area contributed by atoms with Gasteiger partial charge in [0, 0.05) is 58.4 Å². The molecule has 8 heteroatoms. The van der Waals surface area contributed by atoms with Crippen molar-refractivity contribution in [2.24, 2.45) is 0 Å². The summed E-state index contributed by atoms with van der Waals surface area (Å²) < 4.78 is 0. The second-order valence-electron chi connectivity index (χ2n) is 10.2. The highest BCUT2D eigenvalue weighted by Crippen LogP contribution is 2.25. The zero-order chi connectivity index (χ0) is 26.3. The summed E-state index contributed by atoms with van der Waals surface area (Å²) in [6, 6.07) is 5.77. The Balaban J connectivity index is 0.000000693. The fourth-order valence-electron chi connectivity index (χ4n) is 5.87. The summed E-state index contributed by atoms with van der Waals surface area (Å²) in [6.07, 6.45) is 7.10. The number of nitrogens with zero attached hydrogens (tertiary/aromatic N) is 4. The minimum Gasteiger partial charge on any atom is -0.483 e. The first-order valence-electron chi connectivity index (χ1n) is 13.6. The molecule has 1 aliphatic carbocycles. The molecule has 1 saturated carbocycles. The summed E-state index contributed by atoms with van der Waals surface area (Å²) in [5, 5.41) is 13.8. The summed E-state index contributed by atoms with van der Waals surface area (Å²) in [7, 11) is 0. The van der Waals surface area contributed by atoms with Gasteiger partial charge in [-0.2, -0.15) is 0 Å². The monoisotopic (exact) mass is 504 g/mol. The first-order valence-corrected chi connectivity index (χ1v) is 13.6. The number of hydrogen-bond acceptors (Lipinski definition) is 6. The van der Waals surface area contributed by atoms with E-state index in [4.69, 9.17) is 19.8 Å². The Kier molecular flexibility index (Phi) is 14.0. The van der Waals surface area contributed by atoms with Gasteiger partial charge >= 0.3 is 0 Å². The predicted molar refractivity (Wildman–Crippen MR) is 144 cm³/mol. The van der Waals surface area contributed by atoms with E-state index in [2.05, 4.69) is 52.5 Å². The Bertz CT molecular complexity index is 771. The van der Waals surface area contributed by atoms with E-state index in [1.165, 1.54) is 102 Å². The molecule has 204 valence electrons. The molecule has 2 N–H and O–H groups in total. The molecule has 0 radical (unpaired) electrons. The van der Waals surface area contributed by atoms with Gasteiger partial charge in [-0.25, -0.2) is 0 Å². The van der Waals surface area contributed by atoms with Crippen LogP contribution in [0.15, 0.2) is 12.1 Å². The van der Waals surface area contributed by atoms with Crippen LogP contribution in [0.1, 0.15) is 61.3 Å². The van der Waals surface area contributed by atoms with E-state index in [0.29, 0.717) is 0 Å². The fraction of sp³-hybridized carbons (Fsp3) is 0.714. The standard InChI is InChI=1S/C26H44N4.2CH2O2/c1-4-27-12-14-29(15-13-27)21-25-19-22(2)18-24(23(25)3)20-28-10-7-11-30(17-16-28)26-8-5-6-9-26;2*2-1-3/h18-19,26H,4-17,20-21H2,1-3H3;2*1H,(H,2,3). The van der Waals surface area contributed by atoms with E-state index >= 15 is 0 Å². The minimum atomic E-state index is -0.250. The summed E-state index contributed by atoms with van der Waals surface area (Å²) in [6.45, 7) is 19.8. The van der Waals surface area contributed by atoms with Gasteiger partial charge in [0.05, 0.1) is 0 Å². The van der Waals surface area contributed by atoms with Crippen LogP contribution in [0.4, 0.5) is 0 Å². The number of carboxylic acid groups (broad SMARTS) is 2. The van der Waals surface area contributed by atoms with Crippen LogP contribution in [0.25, 0.3) is 0 Å². The van der Waals surface area contributed by atoms with Gasteiger partial charge in [-0.1, -0.05) is 37.5 Å². The number of piperazine rings is 1. The van der Waals surface area contributed by atoms with E-state index in [9.17, 15) is 0 Å². The van der Waals surface area contributed by atoms with Crippen LogP contribution < -0.4 is 0 Å². The number of hydrogen-bond donors (Lipinski definition) is 2. The number of benzene rings is 1. The van der Waals surface area contributed by atoms with E-state index in [1.54, 1.807) is 11.1 Å². The summed E-state index contributed by atoms with van der Waals surface area (Å²) in [5.74, 6) is 0. The van der Waals surface area contributed by atoms with E-state index in [1.807, 2.05) is 0 Å². The van der Waals surface area contributed by atoms with Crippen molar-refractivity contribution in [2.75, 3.05) is 58.9 Å². The highest BCUT2D eigenvalue weighted by Gasteiger charge is 2.25. The van der Waals surface area contributed by atoms with Crippen molar-refractivity contribution in [2.45, 2.75) is 72.0 Å². The molecule has 36 heavy (non-hydrogen) atoms. The first-order chi connectivity index (χ1) is 17.4. The van der Waals surface area contributed by atoms with Crippen molar-refractivity contribution in [3.05, 3.63) is 34.4 Å². The lowest BCUT2D eigenvalue weighted by molar-refractivity contribution is -0.123. The van der Waals surface area contributed by atoms with Crippen LogP contribution in [-0.2, 0) is 22.7 Å². The molecule has 3 fully saturated rings. The number of rotatable bonds is 6. The summed E-state index contributed by atoms with van der Waals surface area (Å²) in [4.78, 5) is 27.5. The molecule has 4 rings (SSSR count). The summed E-state index contributed by atoms with van der Waals surface area (Å²) in [5.41, 5.74) is 6.08. The number of aryl methyl sites for hydroxylation is 1. The van der Waals surface area contributed by atoms with Crippen molar-refractivity contribution in [1.29, 1.82) is 0 Å². The number of likely N-dealkylation sites (N-methyl/N-ethyl adjacent to an activating group) is 1. The zero-order valence-electron chi connectivity index (χ0n) is 22.7. The van der Waals surface area contributed by atoms with Gasteiger partial charge in [-0.15, -0.1) is 0 Å². The van der Waals surface area contributed by atoms with Gasteiger partial charge in [0.1, 0.15) is 0 Å². The van der Waals surface area contributed by atoms with Crippen molar-refractivity contribution < 1.29 is 19.8 Å². The molecule has 2 aliphatic heterocycles. The lowest BCUT2D eigenvalue weighted by atomic mass is 9.98. The molecule has 1 aromatic carbocycles. The Morgan fingerprint density at radius 1 is 0.750 bits per heavy atom. The van der Waals surface area contributed by atoms with Crippen LogP contribution in [0, 0.1) is 13.8 Å². The van der Waals surface area contributed by atoms with Crippen LogP contribution in [-0.4, -0.2) is 108 Å². The van der Waals surface area contributed by atoms with Gasteiger partial charge in [-0.3, -0.25) is 24.3 Å². The van der Waals surface area contributed by atoms with E-state index < -0.39 is 0 Å². The Labute approximate surface area is 217 Å². The van der Waals surface area contributed by atoms with E-state index in [-0.39, 0.29) is 12.9 Å². The molecule has 0 amide bonds. The lowest BCUT2D eigenvalue weighted by Gasteiger charge is -2.34. The maximum Gasteiger partial charge on any atom is 0.290 e. The summed E-state index contributed by atoms with van der Waals surface area (Å²) >= 11 is 0. The molecule has 0 atom stereocenters. The average molecular weight is 505 g/mol. The van der Waals surface area contributed by atoms with Gasteiger partial charge < -0.3 is 15.1 Å². The second kappa shape index (κ2) is 16.7. The Hall–Kier alpha value is -2.00. The Morgan fingerprint density at radius 3 is 1.75 bits per heavy atom. The van der Waals surface area contributed by atoms with Crippen LogP contribution in [0.2, 0.25) is 0 Å². The first kappa shape index (κ1) is 30.2. The van der Waals surface area contributed by atoms with Gasteiger partial charge in [0.2, 0.25) is 0 Å². The SMILES string of the molecule is CCN1CCN(Cc2cc(C)cc(CN3CCCN(C4CCCC4)CC3)c2C)CC1.O=CO.O=CO. The molecule has 8 nitrogen and oxygen atoms in total. The quantitative estimate of drug-likeness (QED) is 0.571. The molecule has 0 aromatic heterocycles. The maximum absolute atomic E-state index is 8.36. The van der Waals surface area contributed by atoms with Gasteiger partial charge in [-0.05, 0) is 69.4 Å². The van der Waals surface area contributed by atoms with E-state index in [0.717, 1.165) is 19.1 Å². The Morgan fingerprint density at radius 2 is 1.22 bits per heavy atom. The second-order valence-corrected chi connectivity index (χ2v) is 10.2.